The number of anilines is 1. The Morgan fingerprint density at radius 1 is 1.35 bits per heavy atom. The van der Waals surface area contributed by atoms with E-state index in [1.165, 1.54) is 29.5 Å². The predicted octanol–water partition coefficient (Wildman–Crippen LogP) is 2.41. The number of carbonyl (C=O) groups excluding carboxylic acids is 1. The maximum Gasteiger partial charge on any atom is 0.269 e. The molecule has 2 aromatic rings. The zero-order valence-corrected chi connectivity index (χ0v) is 11.3. The number of rotatable bonds is 4. The number of hydrogen-bond donors (Lipinski definition) is 1. The van der Waals surface area contributed by atoms with Gasteiger partial charge in [-0.25, -0.2) is 0 Å². The van der Waals surface area contributed by atoms with Crippen molar-refractivity contribution < 1.29 is 9.72 Å². The normalized spacial score (nSPS) is 10.7. The minimum atomic E-state index is -0.474. The molecule has 1 amide bonds. The summed E-state index contributed by atoms with van der Waals surface area (Å²) in [6.45, 7) is 1.79. The highest BCUT2D eigenvalue weighted by Gasteiger charge is 2.04. The lowest BCUT2D eigenvalue weighted by molar-refractivity contribution is -0.384. The van der Waals surface area contributed by atoms with Crippen LogP contribution in [0.25, 0.3) is 6.08 Å². The van der Waals surface area contributed by atoms with Crippen LogP contribution in [0.1, 0.15) is 10.6 Å². The fourth-order valence-electron chi connectivity index (χ4n) is 1.37. The van der Waals surface area contributed by atoms with E-state index < -0.39 is 4.92 Å². The monoisotopic (exact) mass is 290 g/mol. The molecule has 0 aliphatic rings. The highest BCUT2D eigenvalue weighted by atomic mass is 32.1. The second kappa shape index (κ2) is 6.02. The predicted molar refractivity (Wildman–Crippen MR) is 75.4 cm³/mol. The van der Waals surface area contributed by atoms with Crippen molar-refractivity contribution in [3.8, 4) is 0 Å². The fourth-order valence-corrected chi connectivity index (χ4v) is 1.97. The highest BCUT2D eigenvalue weighted by Crippen LogP contribution is 2.14. The third-order valence-corrected chi connectivity index (χ3v) is 3.04. The van der Waals surface area contributed by atoms with Gasteiger partial charge in [-0.05, 0) is 30.7 Å². The molecule has 0 unspecified atom stereocenters. The Balaban J connectivity index is 1.98. The first-order valence-corrected chi connectivity index (χ1v) is 6.40. The average Bonchev–Trinajstić information content (AvgIpc) is 2.82. The molecule has 0 saturated heterocycles. The van der Waals surface area contributed by atoms with Gasteiger partial charge in [0.05, 0.1) is 4.92 Å². The molecule has 102 valence electrons. The van der Waals surface area contributed by atoms with Crippen LogP contribution in [0.4, 0.5) is 10.8 Å². The molecule has 1 aromatic heterocycles. The van der Waals surface area contributed by atoms with E-state index in [9.17, 15) is 14.9 Å². The third-order valence-electron chi connectivity index (χ3n) is 2.29. The number of nitrogens with zero attached hydrogens (tertiary/aromatic N) is 3. The van der Waals surface area contributed by atoms with Crippen LogP contribution in [0.3, 0.4) is 0 Å². The highest BCUT2D eigenvalue weighted by molar-refractivity contribution is 7.15. The molecular weight excluding hydrogens is 280 g/mol. The molecule has 0 saturated carbocycles. The quantitative estimate of drug-likeness (QED) is 0.529. The van der Waals surface area contributed by atoms with E-state index in [-0.39, 0.29) is 11.6 Å². The van der Waals surface area contributed by atoms with Crippen molar-refractivity contribution in [1.82, 2.24) is 10.2 Å². The number of hydrogen-bond acceptors (Lipinski definition) is 6. The van der Waals surface area contributed by atoms with E-state index in [0.717, 1.165) is 5.01 Å². The fraction of sp³-hybridized carbons (Fsp3) is 0.0833. The lowest BCUT2D eigenvalue weighted by Crippen LogP contribution is -2.07. The lowest BCUT2D eigenvalue weighted by atomic mass is 10.2. The summed E-state index contributed by atoms with van der Waals surface area (Å²) in [6.07, 6.45) is 2.89. The Morgan fingerprint density at radius 2 is 2.05 bits per heavy atom. The van der Waals surface area contributed by atoms with Gasteiger partial charge in [-0.1, -0.05) is 11.3 Å². The van der Waals surface area contributed by atoms with Crippen LogP contribution < -0.4 is 5.32 Å². The number of non-ortho nitro benzene ring substituents is 1. The number of benzene rings is 1. The zero-order valence-electron chi connectivity index (χ0n) is 10.4. The lowest BCUT2D eigenvalue weighted by Gasteiger charge is -1.95. The van der Waals surface area contributed by atoms with E-state index in [2.05, 4.69) is 15.5 Å². The molecule has 8 heteroatoms. The van der Waals surface area contributed by atoms with Gasteiger partial charge in [-0.3, -0.25) is 20.2 Å². The zero-order chi connectivity index (χ0) is 14.5. The van der Waals surface area contributed by atoms with Crippen LogP contribution in [0.2, 0.25) is 0 Å². The van der Waals surface area contributed by atoms with Gasteiger partial charge < -0.3 is 0 Å². The van der Waals surface area contributed by atoms with Crippen LogP contribution in [-0.2, 0) is 4.79 Å². The standard InChI is InChI=1S/C12H10N4O3S/c1-8-14-15-12(20-8)13-11(17)7-4-9-2-5-10(6-3-9)16(18)19/h2-7H,1H3,(H,13,15,17)/b7-4-. The summed E-state index contributed by atoms with van der Waals surface area (Å²) in [5, 5.41) is 21.8. The number of aryl methyl sites for hydroxylation is 1. The van der Waals surface area contributed by atoms with Gasteiger partial charge in [0.15, 0.2) is 0 Å². The number of carbonyl (C=O) groups is 1. The Labute approximate surface area is 118 Å². The smallest absolute Gasteiger partial charge is 0.269 e. The van der Waals surface area contributed by atoms with Gasteiger partial charge in [0.1, 0.15) is 5.01 Å². The maximum atomic E-state index is 11.6. The number of aromatic nitrogens is 2. The van der Waals surface area contributed by atoms with Gasteiger partial charge in [0.25, 0.3) is 5.69 Å². The summed E-state index contributed by atoms with van der Waals surface area (Å²) in [6, 6.07) is 5.89. The molecule has 0 spiro atoms. The van der Waals surface area contributed by atoms with Crippen molar-refractivity contribution in [1.29, 1.82) is 0 Å². The van der Waals surface area contributed by atoms with E-state index in [0.29, 0.717) is 10.7 Å². The second-order valence-corrected chi connectivity index (χ2v) is 4.98. The van der Waals surface area contributed by atoms with Gasteiger partial charge in [-0.2, -0.15) is 0 Å². The number of amides is 1. The van der Waals surface area contributed by atoms with Crippen molar-refractivity contribution in [3.05, 3.63) is 51.0 Å². The second-order valence-electron chi connectivity index (χ2n) is 3.80. The molecule has 0 aliphatic heterocycles. The van der Waals surface area contributed by atoms with Gasteiger partial charge in [-0.15, -0.1) is 10.2 Å². The minimum Gasteiger partial charge on any atom is -0.297 e. The summed E-state index contributed by atoms with van der Waals surface area (Å²) < 4.78 is 0. The molecular formula is C12H10N4O3S. The molecule has 0 atom stereocenters. The van der Waals surface area contributed by atoms with Crippen molar-refractivity contribution in [2.45, 2.75) is 6.92 Å². The van der Waals surface area contributed by atoms with Gasteiger partial charge in [0.2, 0.25) is 11.0 Å². The summed E-state index contributed by atoms with van der Waals surface area (Å²) in [5.41, 5.74) is 0.704. The molecule has 20 heavy (non-hydrogen) atoms. The largest absolute Gasteiger partial charge is 0.297 e. The summed E-state index contributed by atoms with van der Waals surface area (Å²) in [7, 11) is 0. The van der Waals surface area contributed by atoms with Crippen LogP contribution in [0, 0.1) is 17.0 Å². The van der Waals surface area contributed by atoms with E-state index in [1.54, 1.807) is 25.1 Å². The molecule has 2 rings (SSSR count). The molecule has 0 bridgehead atoms. The molecule has 1 aromatic carbocycles. The van der Waals surface area contributed by atoms with Crippen molar-refractivity contribution >= 4 is 34.1 Å². The van der Waals surface area contributed by atoms with E-state index in [4.69, 9.17) is 0 Å². The van der Waals surface area contributed by atoms with Crippen LogP contribution in [-0.4, -0.2) is 21.0 Å². The molecule has 1 heterocycles. The number of nitrogens with one attached hydrogen (secondary N) is 1. The van der Waals surface area contributed by atoms with Crippen molar-refractivity contribution in [2.24, 2.45) is 0 Å². The molecule has 1 N–H and O–H groups in total. The van der Waals surface area contributed by atoms with Crippen LogP contribution >= 0.6 is 11.3 Å². The average molecular weight is 290 g/mol. The third kappa shape index (κ3) is 3.69. The summed E-state index contributed by atoms with van der Waals surface area (Å²) in [5.74, 6) is -0.334. The molecule has 0 fully saturated rings. The van der Waals surface area contributed by atoms with Crippen LogP contribution in [0.15, 0.2) is 30.3 Å². The molecule has 0 radical (unpaired) electrons. The van der Waals surface area contributed by atoms with E-state index in [1.807, 2.05) is 0 Å². The number of nitro groups is 1. The Bertz CT molecular complexity index is 664. The molecule has 0 aliphatic carbocycles. The van der Waals surface area contributed by atoms with Crippen LogP contribution in [0.5, 0.6) is 0 Å². The van der Waals surface area contributed by atoms with E-state index >= 15 is 0 Å². The van der Waals surface area contributed by atoms with Crippen molar-refractivity contribution in [3.63, 3.8) is 0 Å². The Morgan fingerprint density at radius 3 is 2.60 bits per heavy atom. The molecule has 7 nitrogen and oxygen atoms in total. The topological polar surface area (TPSA) is 98.0 Å². The minimum absolute atomic E-state index is 0.0101. The number of nitro benzene ring substituents is 1. The first-order chi connectivity index (χ1) is 9.54. The first-order valence-electron chi connectivity index (χ1n) is 5.58. The first kappa shape index (κ1) is 13.8. The summed E-state index contributed by atoms with van der Waals surface area (Å²) >= 11 is 1.28. The van der Waals surface area contributed by atoms with Gasteiger partial charge >= 0.3 is 0 Å². The summed E-state index contributed by atoms with van der Waals surface area (Å²) in [4.78, 5) is 21.6. The van der Waals surface area contributed by atoms with Crippen molar-refractivity contribution in [2.75, 3.05) is 5.32 Å². The Kier molecular flexibility index (Phi) is 4.16. The Hall–Kier alpha value is -2.61. The SMILES string of the molecule is Cc1nnc(NC(=O)/C=C\c2ccc([N+](=O)[O-])cc2)s1. The maximum absolute atomic E-state index is 11.6. The van der Waals surface area contributed by atoms with Gasteiger partial charge in [0, 0.05) is 18.2 Å².